The summed E-state index contributed by atoms with van der Waals surface area (Å²) < 4.78 is 5.86. The number of aliphatic hydroxyl groups excluding tert-OH is 2. The first-order chi connectivity index (χ1) is 55.1. The van der Waals surface area contributed by atoms with E-state index in [1.807, 2.05) is 41.5 Å². The smallest absolute Gasteiger partial charge is 0.133 e. The molecular weight excluding hydrogens is 1450 g/mol. The highest BCUT2D eigenvalue weighted by molar-refractivity contribution is 5.82. The van der Waals surface area contributed by atoms with Gasteiger partial charge < -0.3 is 20.1 Å². The molecule has 20 aliphatic carbocycles. The number of carbonyl (C=O) groups is 6. The van der Waals surface area contributed by atoms with Gasteiger partial charge in [-0.3, -0.25) is 28.8 Å². The number of Topliss-reactive ketones (excluding diaryl/α,β-unsaturated/α-hetero) is 6. The molecule has 1 spiro atoms. The van der Waals surface area contributed by atoms with Crippen molar-refractivity contribution in [3.8, 4) is 0 Å². The molecular formula is C107H168O10. The summed E-state index contributed by atoms with van der Waals surface area (Å²) in [7, 11) is 0. The fourth-order valence-corrected chi connectivity index (χ4v) is 39.4. The quantitative estimate of drug-likeness (QED) is 0.177. The number of aliphatic hydroxyl groups is 3. The molecule has 9 unspecified atom stereocenters. The van der Waals surface area contributed by atoms with Crippen molar-refractivity contribution >= 4 is 34.7 Å². The Balaban J connectivity index is 0.000000105. The number of ether oxygens (including phenoxy) is 1. The Morgan fingerprint density at radius 3 is 1.07 bits per heavy atom. The minimum absolute atomic E-state index is 0.0490. The maximum atomic E-state index is 12.2. The van der Waals surface area contributed by atoms with Gasteiger partial charge in [0.2, 0.25) is 0 Å². The molecule has 38 atom stereocenters. The third-order valence-corrected chi connectivity index (χ3v) is 46.0. The third kappa shape index (κ3) is 14.1. The molecule has 21 aliphatic rings. The second-order valence-corrected chi connectivity index (χ2v) is 50.3. The summed E-state index contributed by atoms with van der Waals surface area (Å²) in [4.78, 5) is 72.8. The Morgan fingerprint density at radius 2 is 0.658 bits per heavy atom. The third-order valence-electron chi connectivity index (χ3n) is 46.0. The van der Waals surface area contributed by atoms with Crippen LogP contribution in [0.2, 0.25) is 0 Å². The van der Waals surface area contributed by atoms with Crippen LogP contribution in [-0.4, -0.2) is 80.0 Å². The number of carbonyl (C=O) groups excluding carboxylic acids is 6. The molecule has 19 saturated carbocycles. The van der Waals surface area contributed by atoms with Crippen LogP contribution in [0.15, 0.2) is 11.6 Å². The van der Waals surface area contributed by atoms with E-state index >= 15 is 0 Å². The Morgan fingerprint density at radius 1 is 0.325 bits per heavy atom. The van der Waals surface area contributed by atoms with Crippen LogP contribution in [0.1, 0.15) is 393 Å². The Bertz CT molecular complexity index is 3720. The average Bonchev–Trinajstić information content (AvgIpc) is 0.934. The van der Waals surface area contributed by atoms with Crippen LogP contribution in [0, 0.1) is 196 Å². The zero-order valence-corrected chi connectivity index (χ0v) is 77.1. The fourth-order valence-electron chi connectivity index (χ4n) is 39.4. The molecule has 3 N–H and O–H groups in total. The highest BCUT2D eigenvalue weighted by Gasteiger charge is 2.69. The minimum Gasteiger partial charge on any atom is -0.393 e. The van der Waals surface area contributed by atoms with Crippen molar-refractivity contribution < 1.29 is 48.8 Å². The van der Waals surface area contributed by atoms with E-state index in [1.165, 1.54) is 186 Å². The molecule has 1 heterocycles. The first-order valence-electron chi connectivity index (χ1n) is 50.6. The van der Waals surface area contributed by atoms with Crippen molar-refractivity contribution in [1.29, 1.82) is 0 Å². The van der Waals surface area contributed by atoms with E-state index in [4.69, 9.17) is 4.74 Å². The maximum absolute atomic E-state index is 12.2. The highest BCUT2D eigenvalue weighted by Crippen LogP contribution is 2.75. The number of fused-ring (bicyclic) bond motifs is 25. The van der Waals surface area contributed by atoms with Crippen LogP contribution in [0.25, 0.3) is 0 Å². The fraction of sp³-hybridized carbons (Fsp3) is 0.925. The van der Waals surface area contributed by atoms with Crippen molar-refractivity contribution in [2.45, 2.75) is 417 Å². The molecule has 656 valence electrons. The van der Waals surface area contributed by atoms with Gasteiger partial charge in [0.1, 0.15) is 34.7 Å². The lowest BCUT2D eigenvalue weighted by Gasteiger charge is -2.61. The van der Waals surface area contributed by atoms with Crippen LogP contribution in [0.5, 0.6) is 0 Å². The Kier molecular flexibility index (Phi) is 23.0. The van der Waals surface area contributed by atoms with Gasteiger partial charge in [0, 0.05) is 42.4 Å². The molecule has 0 amide bonds. The van der Waals surface area contributed by atoms with E-state index < -0.39 is 5.60 Å². The zero-order valence-electron chi connectivity index (χ0n) is 77.1. The summed E-state index contributed by atoms with van der Waals surface area (Å²) in [5.41, 5.74) is 4.96. The van der Waals surface area contributed by atoms with E-state index in [0.717, 1.165) is 204 Å². The molecule has 1 aliphatic heterocycles. The summed E-state index contributed by atoms with van der Waals surface area (Å²) in [6.07, 6.45) is 55.4. The van der Waals surface area contributed by atoms with Gasteiger partial charge in [-0.25, -0.2) is 0 Å². The molecule has 0 radical (unpaired) electrons. The lowest BCUT2D eigenvalue weighted by molar-refractivity contribution is -0.150. The number of hydrogen-bond donors (Lipinski definition) is 3. The standard InChI is InChI=1S/C22H34O2.C22H36O2.C21H34O2.2C21H32O2/c1-14(23)17-6-7-18-16-5-4-15-12-22(13-24-22)11-10-20(15,2)19(16)8-9-21(17,18)3;1-14(23)17-7-8-18-16-6-5-15-13-20(2,24)11-12-21(15,3)19(16)9-10-22(17,18)4;3*1-13(22)17-6-7-18-16-5-4-14-12-15(23)8-10-20(14,2)19(16)9-11-21(17,18)3/h15-19H,4-13H2,1-3H3;15-19,24H,5-13H2,1-4H3;14-19,23H,4-12H2,1-3H3;14,16-19H,4-12H2,1-3H3;4,15-19,23H,5-12H2,1-3H3/t15?,16-,17+,18-,19?,20-,21+,22+;15?,16-,17+,18-,19?,20+,21-,22+;14?,15-,16-,17+,18-,19?,20-,21+;14?,16-,17+,18-,19?,20-,21+;15-,16-,17+,18-,19?,20-,21+/m00000/s1. The molecule has 20 fully saturated rings. The molecule has 0 aromatic rings. The summed E-state index contributed by atoms with van der Waals surface area (Å²) in [6.45, 7) is 37.1. The Hall–Kier alpha value is -2.40. The van der Waals surface area contributed by atoms with Gasteiger partial charge in [0.25, 0.3) is 0 Å². The van der Waals surface area contributed by atoms with Crippen LogP contribution in [-0.2, 0) is 33.5 Å². The van der Waals surface area contributed by atoms with Crippen molar-refractivity contribution in [3.63, 3.8) is 0 Å². The lowest BCUT2D eigenvalue weighted by atomic mass is 9.44. The molecule has 10 nitrogen and oxygen atoms in total. The van der Waals surface area contributed by atoms with E-state index in [-0.39, 0.29) is 33.9 Å². The summed E-state index contributed by atoms with van der Waals surface area (Å²) in [6, 6.07) is 0. The number of allylic oxidation sites excluding steroid dienone is 1. The molecule has 0 bridgehead atoms. The van der Waals surface area contributed by atoms with Crippen LogP contribution in [0.4, 0.5) is 0 Å². The first kappa shape index (κ1) is 86.7. The molecule has 117 heavy (non-hydrogen) atoms. The lowest BCUT2D eigenvalue weighted by Crippen LogP contribution is -2.55. The topological polar surface area (TPSA) is 176 Å². The SMILES string of the molecule is CC(=O)[C@H]1CC[C@H]2[C@@H]3CC=C4C[C@@H](O)CC[C@]4(C)C3CC[C@]12C.CC(=O)[C@H]1CC[C@H]2[C@@H]3CCC4CC(=O)CC[C@]4(C)C3CC[C@]12C.CC(=O)[C@H]1CC[C@H]2[C@@H]3CCC4C[C@@H](O)CC[C@]4(C)C3CC[C@]12C.CC(=O)[C@H]1CC[C@H]2[C@@H]3CCC4C[C@](C)(O)CC[C@]4(C)C3CC[C@]12C.CC(=O)[C@H]1CC[C@H]2[C@@H]3CCC4C[C@]5(CC[C@]4(C)C3CC[C@]12C)CO5. The van der Waals surface area contributed by atoms with Gasteiger partial charge in [-0.1, -0.05) is 80.9 Å². The highest BCUT2D eigenvalue weighted by atomic mass is 16.6. The van der Waals surface area contributed by atoms with Crippen LogP contribution >= 0.6 is 0 Å². The molecule has 0 aromatic carbocycles. The number of rotatable bonds is 5. The van der Waals surface area contributed by atoms with Gasteiger partial charge >= 0.3 is 0 Å². The number of hydrogen-bond acceptors (Lipinski definition) is 10. The van der Waals surface area contributed by atoms with Crippen molar-refractivity contribution in [2.24, 2.45) is 196 Å². The minimum atomic E-state index is -0.437. The van der Waals surface area contributed by atoms with E-state index in [0.29, 0.717) is 114 Å². The van der Waals surface area contributed by atoms with Crippen molar-refractivity contribution in [3.05, 3.63) is 11.6 Å². The summed E-state index contributed by atoms with van der Waals surface area (Å²) in [5.74, 6) is 19.4. The van der Waals surface area contributed by atoms with Crippen LogP contribution < -0.4 is 0 Å². The molecule has 10 heteroatoms. The van der Waals surface area contributed by atoms with Crippen molar-refractivity contribution in [1.82, 2.24) is 0 Å². The van der Waals surface area contributed by atoms with E-state index in [9.17, 15) is 44.1 Å². The zero-order chi connectivity index (χ0) is 83.3. The number of epoxide rings is 1. The molecule has 0 aromatic heterocycles. The first-order valence-corrected chi connectivity index (χ1v) is 50.6. The van der Waals surface area contributed by atoms with Crippen molar-refractivity contribution in [2.75, 3.05) is 6.61 Å². The normalized spacial score (nSPS) is 55.2. The van der Waals surface area contributed by atoms with Crippen LogP contribution in [0.3, 0.4) is 0 Å². The van der Waals surface area contributed by atoms with Gasteiger partial charge in [0.05, 0.1) is 30.0 Å². The molecule has 1 saturated heterocycles. The van der Waals surface area contributed by atoms with Gasteiger partial charge in [-0.05, 0) is 478 Å². The van der Waals surface area contributed by atoms with Gasteiger partial charge in [0.15, 0.2) is 0 Å². The summed E-state index contributed by atoms with van der Waals surface area (Å²) in [5, 5.41) is 30.7. The number of ketones is 6. The summed E-state index contributed by atoms with van der Waals surface area (Å²) >= 11 is 0. The van der Waals surface area contributed by atoms with E-state index in [2.05, 4.69) is 75.3 Å². The predicted octanol–water partition coefficient (Wildman–Crippen LogP) is 23.9. The van der Waals surface area contributed by atoms with E-state index in [1.54, 1.807) is 5.57 Å². The van der Waals surface area contributed by atoms with Gasteiger partial charge in [-0.15, -0.1) is 0 Å². The Labute approximate surface area is 710 Å². The second kappa shape index (κ2) is 31.0. The largest absolute Gasteiger partial charge is 0.393 e. The molecule has 21 rings (SSSR count). The predicted molar refractivity (Wildman–Crippen MR) is 466 cm³/mol. The second-order valence-electron chi connectivity index (χ2n) is 50.3. The van der Waals surface area contributed by atoms with Gasteiger partial charge in [-0.2, -0.15) is 0 Å². The average molecular weight is 1610 g/mol. The maximum Gasteiger partial charge on any atom is 0.133 e. The monoisotopic (exact) mass is 1610 g/mol.